The molecule has 4 nitrogen and oxygen atoms in total. The molecule has 0 aliphatic carbocycles. The van der Waals surface area contributed by atoms with E-state index in [0.29, 0.717) is 6.42 Å². The maximum atomic E-state index is 10.5. The van der Waals surface area contributed by atoms with Gasteiger partial charge in [-0.05, 0) is 6.42 Å². The summed E-state index contributed by atoms with van der Waals surface area (Å²) in [4.78, 5) is 10.1. The normalized spacial score (nSPS) is 12.5. The molecule has 0 aromatic heterocycles. The first-order valence-corrected chi connectivity index (χ1v) is 8.46. The summed E-state index contributed by atoms with van der Waals surface area (Å²) in [6.07, 6.45) is 15.7. The summed E-state index contributed by atoms with van der Waals surface area (Å²) in [7, 11) is 0. The van der Waals surface area contributed by atoms with Crippen LogP contribution in [0.1, 0.15) is 90.4 Å². The van der Waals surface area contributed by atoms with Gasteiger partial charge in [-0.15, -0.1) is 0 Å². The summed E-state index contributed by atoms with van der Waals surface area (Å²) in [5.41, 5.74) is 0. The first-order valence-electron chi connectivity index (χ1n) is 8.46. The van der Waals surface area contributed by atoms with Crippen LogP contribution in [0.4, 0.5) is 0 Å². The van der Waals surface area contributed by atoms with E-state index in [1.165, 1.54) is 64.2 Å². The van der Waals surface area contributed by atoms with Crippen LogP contribution in [-0.4, -0.2) is 22.7 Å². The van der Waals surface area contributed by atoms with Crippen LogP contribution in [0.3, 0.4) is 0 Å². The second-order valence-corrected chi connectivity index (χ2v) is 5.80. The van der Waals surface area contributed by atoms with Crippen molar-refractivity contribution in [1.29, 1.82) is 0 Å². The highest BCUT2D eigenvalue weighted by atomic mass is 16.6. The van der Waals surface area contributed by atoms with Crippen LogP contribution in [0.2, 0.25) is 0 Å². The van der Waals surface area contributed by atoms with Crippen molar-refractivity contribution >= 4 is 0 Å². The highest BCUT2D eigenvalue weighted by molar-refractivity contribution is 4.55. The number of aliphatic hydroxyl groups excluding tert-OH is 1. The van der Waals surface area contributed by atoms with Gasteiger partial charge in [-0.25, -0.2) is 0 Å². The lowest BCUT2D eigenvalue weighted by molar-refractivity contribution is -0.526. The fourth-order valence-corrected chi connectivity index (χ4v) is 2.48. The Morgan fingerprint density at radius 1 is 0.850 bits per heavy atom. The molecule has 120 valence electrons. The summed E-state index contributed by atoms with van der Waals surface area (Å²) in [5.74, 6) is 0. The van der Waals surface area contributed by atoms with Crippen molar-refractivity contribution in [3.05, 3.63) is 10.1 Å². The molecule has 1 atom stereocenters. The zero-order valence-corrected chi connectivity index (χ0v) is 13.2. The average Bonchev–Trinajstić information content (AvgIpc) is 2.43. The van der Waals surface area contributed by atoms with Gasteiger partial charge < -0.3 is 5.11 Å². The van der Waals surface area contributed by atoms with Gasteiger partial charge in [0, 0.05) is 11.3 Å². The fourth-order valence-electron chi connectivity index (χ4n) is 2.48. The van der Waals surface area contributed by atoms with E-state index in [4.69, 9.17) is 5.11 Å². The molecular weight excluding hydrogens is 254 g/mol. The Morgan fingerprint density at radius 2 is 1.25 bits per heavy atom. The van der Waals surface area contributed by atoms with Crippen molar-refractivity contribution in [3.63, 3.8) is 0 Å². The van der Waals surface area contributed by atoms with Gasteiger partial charge in [0.25, 0.3) is 0 Å². The number of nitrogens with zero attached hydrogens (tertiary/aromatic N) is 1. The Labute approximate surface area is 124 Å². The topological polar surface area (TPSA) is 63.4 Å². The number of hydrogen-bond acceptors (Lipinski definition) is 3. The monoisotopic (exact) mass is 287 g/mol. The van der Waals surface area contributed by atoms with Gasteiger partial charge in [-0.1, -0.05) is 77.6 Å². The summed E-state index contributed by atoms with van der Waals surface area (Å²) in [5, 5.41) is 19.3. The van der Waals surface area contributed by atoms with Crippen LogP contribution in [0.5, 0.6) is 0 Å². The molecule has 0 fully saturated rings. The maximum Gasteiger partial charge on any atom is 0.235 e. The third kappa shape index (κ3) is 12.4. The van der Waals surface area contributed by atoms with E-state index in [1.807, 2.05) is 0 Å². The molecule has 0 aromatic carbocycles. The van der Waals surface area contributed by atoms with Crippen molar-refractivity contribution in [3.8, 4) is 0 Å². The summed E-state index contributed by atoms with van der Waals surface area (Å²) >= 11 is 0. The van der Waals surface area contributed by atoms with Gasteiger partial charge in [-0.2, -0.15) is 0 Å². The second kappa shape index (κ2) is 14.8. The Morgan fingerprint density at radius 3 is 1.60 bits per heavy atom. The third-order valence-corrected chi connectivity index (χ3v) is 3.90. The molecule has 0 spiro atoms. The minimum Gasteiger partial charge on any atom is -0.389 e. The molecule has 0 amide bonds. The molecule has 1 unspecified atom stereocenters. The van der Waals surface area contributed by atoms with Gasteiger partial charge in [-0.3, -0.25) is 10.1 Å². The number of unbranched alkanes of at least 4 members (excludes halogenated alkanes) is 11. The standard InChI is InChI=1S/C16H33NO3/c1-2-3-4-5-6-7-8-9-10-11-12-13-14-16(15-18)17(19)20/h16,18H,2-15H2,1H3. The van der Waals surface area contributed by atoms with Gasteiger partial charge in [0.2, 0.25) is 6.04 Å². The molecule has 0 bridgehead atoms. The number of aliphatic hydroxyl groups is 1. The number of rotatable bonds is 15. The Kier molecular flexibility index (Phi) is 14.3. The molecule has 4 heteroatoms. The summed E-state index contributed by atoms with van der Waals surface area (Å²) in [6.45, 7) is 1.92. The maximum absolute atomic E-state index is 10.5. The molecule has 0 aromatic rings. The van der Waals surface area contributed by atoms with E-state index in [0.717, 1.165) is 12.8 Å². The molecule has 20 heavy (non-hydrogen) atoms. The van der Waals surface area contributed by atoms with Crippen LogP contribution in [0.25, 0.3) is 0 Å². The second-order valence-electron chi connectivity index (χ2n) is 5.80. The zero-order valence-electron chi connectivity index (χ0n) is 13.2. The van der Waals surface area contributed by atoms with Gasteiger partial charge in [0.15, 0.2) is 0 Å². The molecular formula is C16H33NO3. The minimum atomic E-state index is -0.752. The molecule has 1 N–H and O–H groups in total. The largest absolute Gasteiger partial charge is 0.389 e. The van der Waals surface area contributed by atoms with Crippen LogP contribution >= 0.6 is 0 Å². The first-order chi connectivity index (χ1) is 9.72. The lowest BCUT2D eigenvalue weighted by atomic mass is 10.0. The lowest BCUT2D eigenvalue weighted by Gasteiger charge is -2.06. The van der Waals surface area contributed by atoms with E-state index in [-0.39, 0.29) is 11.5 Å². The molecule has 0 heterocycles. The van der Waals surface area contributed by atoms with Crippen LogP contribution in [0.15, 0.2) is 0 Å². The fraction of sp³-hybridized carbons (Fsp3) is 1.00. The quantitative estimate of drug-likeness (QED) is 0.269. The van der Waals surface area contributed by atoms with Crippen LogP contribution in [-0.2, 0) is 0 Å². The van der Waals surface area contributed by atoms with Gasteiger partial charge >= 0.3 is 0 Å². The van der Waals surface area contributed by atoms with Crippen molar-refractivity contribution in [2.24, 2.45) is 0 Å². The molecule has 0 radical (unpaired) electrons. The Hall–Kier alpha value is -0.640. The molecule has 0 aliphatic heterocycles. The Bertz CT molecular complexity index is 222. The van der Waals surface area contributed by atoms with E-state index < -0.39 is 6.04 Å². The molecule has 0 rings (SSSR count). The van der Waals surface area contributed by atoms with Crippen molar-refractivity contribution in [2.75, 3.05) is 6.61 Å². The zero-order chi connectivity index (χ0) is 15.1. The predicted molar refractivity (Wildman–Crippen MR) is 83.6 cm³/mol. The predicted octanol–water partition coefficient (Wildman–Crippen LogP) is 4.72. The number of hydrogen-bond donors (Lipinski definition) is 1. The van der Waals surface area contributed by atoms with E-state index in [1.54, 1.807) is 0 Å². The van der Waals surface area contributed by atoms with Crippen molar-refractivity contribution in [2.45, 2.75) is 96.4 Å². The van der Waals surface area contributed by atoms with E-state index in [9.17, 15) is 10.1 Å². The molecule has 0 saturated carbocycles. The summed E-state index contributed by atoms with van der Waals surface area (Å²) < 4.78 is 0. The highest BCUT2D eigenvalue weighted by Gasteiger charge is 2.17. The molecule has 0 aliphatic rings. The Balaban J connectivity index is 3.15. The summed E-state index contributed by atoms with van der Waals surface area (Å²) in [6, 6.07) is -0.752. The third-order valence-electron chi connectivity index (χ3n) is 3.90. The van der Waals surface area contributed by atoms with Crippen LogP contribution in [0, 0.1) is 10.1 Å². The SMILES string of the molecule is CCCCCCCCCCCCCCC(CO)[N+](=O)[O-]. The minimum absolute atomic E-state index is 0.328. The highest BCUT2D eigenvalue weighted by Crippen LogP contribution is 2.13. The van der Waals surface area contributed by atoms with Crippen molar-refractivity contribution in [1.82, 2.24) is 0 Å². The van der Waals surface area contributed by atoms with Crippen LogP contribution < -0.4 is 0 Å². The average molecular weight is 287 g/mol. The lowest BCUT2D eigenvalue weighted by Crippen LogP contribution is -2.23. The number of nitro groups is 1. The van der Waals surface area contributed by atoms with Crippen molar-refractivity contribution < 1.29 is 10.0 Å². The first kappa shape index (κ1) is 19.4. The van der Waals surface area contributed by atoms with E-state index in [2.05, 4.69) is 6.92 Å². The van der Waals surface area contributed by atoms with E-state index >= 15 is 0 Å². The smallest absolute Gasteiger partial charge is 0.235 e. The molecule has 0 saturated heterocycles. The van der Waals surface area contributed by atoms with Gasteiger partial charge in [0.1, 0.15) is 6.61 Å². The van der Waals surface area contributed by atoms with Gasteiger partial charge in [0.05, 0.1) is 0 Å².